The fourth-order valence-corrected chi connectivity index (χ4v) is 5.63. The molecule has 1 aliphatic carbocycles. The molecule has 70 valence electrons. The highest BCUT2D eigenvalue weighted by molar-refractivity contribution is 9.26. The quantitative estimate of drug-likeness (QED) is 0.464. The van der Waals surface area contributed by atoms with Gasteiger partial charge in [0.1, 0.15) is 6.47 Å². The topological polar surface area (TPSA) is 26.0 Å². The van der Waals surface area contributed by atoms with Gasteiger partial charge in [0.15, 0.2) is 0 Å². The first-order valence-electron chi connectivity index (χ1n) is 3.45. The standard InChI is InChI=1S/C7H9Br4N/c1-4-2-6(8,9)5(12)7(10,11)3-4/h2,5H,3,12H2,1H3. The Hall–Kier alpha value is 1.62. The minimum Gasteiger partial charge on any atom is -0.324 e. The van der Waals surface area contributed by atoms with E-state index in [1.54, 1.807) is 0 Å². The first-order valence-corrected chi connectivity index (χ1v) is 6.62. The Morgan fingerprint density at radius 3 is 2.33 bits per heavy atom. The summed E-state index contributed by atoms with van der Waals surface area (Å²) in [5, 5.41) is 0. The van der Waals surface area contributed by atoms with Crippen LogP contribution >= 0.6 is 63.7 Å². The molecule has 5 heteroatoms. The summed E-state index contributed by atoms with van der Waals surface area (Å²) >= 11 is 14.2. The van der Waals surface area contributed by atoms with Crippen LogP contribution in [0.4, 0.5) is 0 Å². The number of hydrogen-bond donors (Lipinski definition) is 1. The maximum absolute atomic E-state index is 6.02. The van der Waals surface area contributed by atoms with Crippen LogP contribution in [0.25, 0.3) is 0 Å². The smallest absolute Gasteiger partial charge is 0.116 e. The van der Waals surface area contributed by atoms with Crippen molar-refractivity contribution in [2.24, 2.45) is 5.73 Å². The van der Waals surface area contributed by atoms with Crippen LogP contribution in [0.15, 0.2) is 11.6 Å². The van der Waals surface area contributed by atoms with Gasteiger partial charge in [-0.05, 0) is 13.3 Å². The van der Waals surface area contributed by atoms with Gasteiger partial charge in [0, 0.05) is 0 Å². The molecule has 0 heterocycles. The SMILES string of the molecule is CC1=CC(Br)(Br)C(N)C(Br)(Br)C1. The second kappa shape index (κ2) is 3.65. The second-order valence-corrected chi connectivity index (χ2v) is 10.7. The summed E-state index contributed by atoms with van der Waals surface area (Å²) < 4.78 is -0.527. The maximum Gasteiger partial charge on any atom is 0.116 e. The van der Waals surface area contributed by atoms with Crippen LogP contribution in [0.1, 0.15) is 13.3 Å². The summed E-state index contributed by atoms with van der Waals surface area (Å²) in [7, 11) is 0. The molecule has 12 heavy (non-hydrogen) atoms. The highest BCUT2D eigenvalue weighted by atomic mass is 79.9. The van der Waals surface area contributed by atoms with E-state index in [0.29, 0.717) is 0 Å². The Balaban J connectivity index is 3.02. The van der Waals surface area contributed by atoms with Crippen molar-refractivity contribution in [3.05, 3.63) is 11.6 Å². The molecule has 1 nitrogen and oxygen atoms in total. The Kier molecular flexibility index (Phi) is 3.55. The molecule has 0 saturated heterocycles. The van der Waals surface area contributed by atoms with E-state index in [2.05, 4.69) is 76.7 Å². The molecule has 0 fully saturated rings. The lowest BCUT2D eigenvalue weighted by molar-refractivity contribution is 0.586. The summed E-state index contributed by atoms with van der Waals surface area (Å²) in [6.45, 7) is 2.08. The van der Waals surface area contributed by atoms with Crippen molar-refractivity contribution in [3.8, 4) is 0 Å². The summed E-state index contributed by atoms with van der Waals surface area (Å²) in [4.78, 5) is 0. The van der Waals surface area contributed by atoms with Gasteiger partial charge in [0.25, 0.3) is 0 Å². The molecule has 0 spiro atoms. The van der Waals surface area contributed by atoms with Gasteiger partial charge in [-0.2, -0.15) is 0 Å². The zero-order valence-electron chi connectivity index (χ0n) is 6.45. The van der Waals surface area contributed by atoms with E-state index in [-0.39, 0.29) is 12.5 Å². The van der Waals surface area contributed by atoms with Crippen molar-refractivity contribution >= 4 is 63.7 Å². The fourth-order valence-electron chi connectivity index (χ4n) is 1.23. The summed E-state index contributed by atoms with van der Waals surface area (Å²) in [6, 6.07) is -0.0614. The highest BCUT2D eigenvalue weighted by Gasteiger charge is 2.46. The van der Waals surface area contributed by atoms with Crippen molar-refractivity contribution in [2.45, 2.75) is 25.9 Å². The molecule has 1 rings (SSSR count). The first kappa shape index (κ1) is 11.7. The first-order chi connectivity index (χ1) is 5.26. The molecule has 1 aliphatic rings. The Bertz CT molecular complexity index is 221. The Morgan fingerprint density at radius 2 is 1.92 bits per heavy atom. The summed E-state index contributed by atoms with van der Waals surface area (Å²) in [5.41, 5.74) is 7.31. The van der Waals surface area contributed by atoms with E-state index >= 15 is 0 Å². The molecule has 2 N–H and O–H groups in total. The van der Waals surface area contributed by atoms with Crippen LogP contribution in [0.5, 0.6) is 0 Å². The van der Waals surface area contributed by atoms with Crippen molar-refractivity contribution in [2.75, 3.05) is 0 Å². The van der Waals surface area contributed by atoms with Gasteiger partial charge in [-0.3, -0.25) is 0 Å². The third-order valence-electron chi connectivity index (χ3n) is 1.82. The molecule has 0 amide bonds. The van der Waals surface area contributed by atoms with Crippen LogP contribution in [0.2, 0.25) is 0 Å². The van der Waals surface area contributed by atoms with Crippen molar-refractivity contribution in [1.82, 2.24) is 0 Å². The number of allylic oxidation sites excluding steroid dienone is 1. The maximum atomic E-state index is 6.02. The molecule has 0 aliphatic heterocycles. The predicted molar refractivity (Wildman–Crippen MR) is 67.5 cm³/mol. The van der Waals surface area contributed by atoms with Crippen LogP contribution < -0.4 is 5.73 Å². The molecule has 0 aromatic heterocycles. The third kappa shape index (κ3) is 2.35. The van der Waals surface area contributed by atoms with Crippen LogP contribution in [0, 0.1) is 0 Å². The van der Waals surface area contributed by atoms with Gasteiger partial charge in [0.05, 0.1) is 6.04 Å². The number of rotatable bonds is 0. The van der Waals surface area contributed by atoms with E-state index in [4.69, 9.17) is 5.73 Å². The second-order valence-electron chi connectivity index (χ2n) is 3.08. The lowest BCUT2D eigenvalue weighted by Gasteiger charge is -2.39. The molecule has 0 bridgehead atoms. The molecule has 0 aromatic carbocycles. The Morgan fingerprint density at radius 1 is 1.42 bits per heavy atom. The van der Waals surface area contributed by atoms with E-state index < -0.39 is 0 Å². The number of halogens is 4. The van der Waals surface area contributed by atoms with E-state index in [1.807, 2.05) is 0 Å². The lowest BCUT2D eigenvalue weighted by atomic mass is 9.96. The van der Waals surface area contributed by atoms with Gasteiger partial charge in [0.2, 0.25) is 0 Å². The summed E-state index contributed by atoms with van der Waals surface area (Å²) in [5.74, 6) is 0. The van der Waals surface area contributed by atoms with Gasteiger partial charge in [-0.25, -0.2) is 0 Å². The molecular weight excluding hydrogens is 418 g/mol. The zero-order valence-corrected chi connectivity index (χ0v) is 12.8. The van der Waals surface area contributed by atoms with Gasteiger partial charge >= 0.3 is 0 Å². The van der Waals surface area contributed by atoms with Crippen molar-refractivity contribution in [3.63, 3.8) is 0 Å². The summed E-state index contributed by atoms with van der Waals surface area (Å²) in [6.07, 6.45) is 3.01. The van der Waals surface area contributed by atoms with E-state index in [1.165, 1.54) is 5.57 Å². The molecule has 1 unspecified atom stereocenters. The third-order valence-corrected chi connectivity index (χ3v) is 4.81. The highest BCUT2D eigenvalue weighted by Crippen LogP contribution is 2.49. The van der Waals surface area contributed by atoms with Crippen molar-refractivity contribution in [1.29, 1.82) is 0 Å². The van der Waals surface area contributed by atoms with E-state index in [0.717, 1.165) is 6.42 Å². The lowest BCUT2D eigenvalue weighted by Crippen LogP contribution is -2.51. The minimum atomic E-state index is -0.310. The van der Waals surface area contributed by atoms with Crippen LogP contribution in [-0.2, 0) is 0 Å². The van der Waals surface area contributed by atoms with Crippen LogP contribution in [0.3, 0.4) is 0 Å². The zero-order chi connectivity index (χ0) is 9.57. The normalized spacial score (nSPS) is 32.8. The molecule has 0 aromatic rings. The number of hydrogen-bond acceptors (Lipinski definition) is 1. The Labute approximate surface area is 106 Å². The van der Waals surface area contributed by atoms with Gasteiger partial charge in [-0.1, -0.05) is 75.4 Å². The molecule has 0 saturated carbocycles. The fraction of sp³-hybridized carbons (Fsp3) is 0.714. The van der Waals surface area contributed by atoms with Crippen molar-refractivity contribution < 1.29 is 0 Å². The van der Waals surface area contributed by atoms with E-state index in [9.17, 15) is 0 Å². The molecule has 0 radical (unpaired) electrons. The van der Waals surface area contributed by atoms with Gasteiger partial charge < -0.3 is 5.73 Å². The largest absolute Gasteiger partial charge is 0.324 e. The van der Waals surface area contributed by atoms with Gasteiger partial charge in [-0.15, -0.1) is 0 Å². The monoisotopic (exact) mass is 423 g/mol. The minimum absolute atomic E-state index is 0.0614. The number of nitrogens with two attached hydrogens (primary N) is 1. The van der Waals surface area contributed by atoms with Crippen LogP contribution in [-0.4, -0.2) is 12.5 Å². The predicted octanol–water partition coefficient (Wildman–Crippen LogP) is 3.64. The average Bonchev–Trinajstić information content (AvgIpc) is 1.80. The average molecular weight is 427 g/mol. The molecule has 1 atom stereocenters. The molecular formula is C7H9Br4N. The number of alkyl halides is 4.